The van der Waals surface area contributed by atoms with Gasteiger partial charge in [0.25, 0.3) is 0 Å². The van der Waals surface area contributed by atoms with Crippen LogP contribution in [0.4, 0.5) is 4.79 Å². The Kier molecular flexibility index (Phi) is 9.55. The molecule has 3 N–H and O–H groups in total. The Morgan fingerprint density at radius 2 is 1.48 bits per heavy atom. The number of urea groups is 1. The van der Waals surface area contributed by atoms with E-state index in [2.05, 4.69) is 63.8 Å². The summed E-state index contributed by atoms with van der Waals surface area (Å²) in [5.74, 6) is 2.59. The summed E-state index contributed by atoms with van der Waals surface area (Å²) in [6.45, 7) is 8.48. The van der Waals surface area contributed by atoms with Crippen molar-refractivity contribution in [2.45, 2.75) is 114 Å². The van der Waals surface area contributed by atoms with Crippen molar-refractivity contribution in [3.63, 3.8) is 0 Å². The Hall–Kier alpha value is -2.49. The van der Waals surface area contributed by atoms with E-state index in [0.717, 1.165) is 72.4 Å². The van der Waals surface area contributed by atoms with Gasteiger partial charge in [-0.15, -0.1) is 0 Å². The van der Waals surface area contributed by atoms with Gasteiger partial charge in [-0.05, 0) is 118 Å². The van der Waals surface area contributed by atoms with Crippen LogP contribution in [0.1, 0.15) is 106 Å². The van der Waals surface area contributed by atoms with Gasteiger partial charge in [0.1, 0.15) is 0 Å². The first-order chi connectivity index (χ1) is 23.4. The van der Waals surface area contributed by atoms with Crippen LogP contribution in [-0.4, -0.2) is 71.3 Å². The van der Waals surface area contributed by atoms with Gasteiger partial charge in [0, 0.05) is 42.7 Å². The van der Waals surface area contributed by atoms with E-state index in [4.69, 9.17) is 9.47 Å². The molecule has 4 aliphatic carbocycles. The number of hydrogen-bond acceptors (Lipinski definition) is 6. The normalized spacial score (nSPS) is 36.5. The lowest BCUT2D eigenvalue weighted by Gasteiger charge is -2.56. The third-order valence-electron chi connectivity index (χ3n) is 12.8. The molecule has 5 atom stereocenters. The number of amides is 2. The molecular weight excluding hydrogens is 600 g/mol. The van der Waals surface area contributed by atoms with Crippen LogP contribution < -0.4 is 10.6 Å². The monoisotopic (exact) mass is 656 g/mol. The SMILES string of the molecule is C[C@H]1[C@@H](CN2CCC[C@H]2CN2CCCC2)O[C@@H](c2ccc(CNC(=O)NC34CC5CC(CC(C5)C3)C4)cc2)O[C@H]1c1ccc(CO)cc1. The lowest BCUT2D eigenvalue weighted by Crippen LogP contribution is -2.61. The van der Waals surface area contributed by atoms with E-state index >= 15 is 0 Å². The van der Waals surface area contributed by atoms with Gasteiger partial charge < -0.3 is 30.1 Å². The summed E-state index contributed by atoms with van der Waals surface area (Å²) in [5.41, 5.74) is 4.12. The van der Waals surface area contributed by atoms with Crippen molar-refractivity contribution < 1.29 is 19.4 Å². The molecule has 3 saturated heterocycles. The maximum Gasteiger partial charge on any atom is 0.315 e. The molecule has 0 radical (unpaired) electrons. The molecule has 9 rings (SSSR count). The van der Waals surface area contributed by atoms with Gasteiger partial charge in [-0.25, -0.2) is 4.79 Å². The zero-order valence-corrected chi connectivity index (χ0v) is 28.8. The van der Waals surface area contributed by atoms with E-state index in [0.29, 0.717) is 12.6 Å². The molecule has 260 valence electrons. The minimum Gasteiger partial charge on any atom is -0.392 e. The second-order valence-corrected chi connectivity index (χ2v) is 16.4. The predicted octanol–water partition coefficient (Wildman–Crippen LogP) is 6.30. The summed E-state index contributed by atoms with van der Waals surface area (Å²) in [4.78, 5) is 18.4. The third-order valence-corrected chi connectivity index (χ3v) is 12.8. The maximum atomic E-state index is 13.1. The van der Waals surface area contributed by atoms with Crippen molar-refractivity contribution in [3.8, 4) is 0 Å². The first-order valence-electron chi connectivity index (χ1n) is 19.0. The summed E-state index contributed by atoms with van der Waals surface area (Å²) < 4.78 is 13.6. The summed E-state index contributed by atoms with van der Waals surface area (Å²) in [5, 5.41) is 16.2. The summed E-state index contributed by atoms with van der Waals surface area (Å²) in [7, 11) is 0. The summed E-state index contributed by atoms with van der Waals surface area (Å²) in [6.07, 6.45) is 12.2. The van der Waals surface area contributed by atoms with E-state index in [1.54, 1.807) is 0 Å². The van der Waals surface area contributed by atoms with E-state index in [1.807, 2.05) is 12.1 Å². The molecule has 4 bridgehead atoms. The number of aliphatic hydroxyl groups excluding tert-OH is 1. The van der Waals surface area contributed by atoms with Gasteiger partial charge in [-0.3, -0.25) is 4.90 Å². The Balaban J connectivity index is 0.927. The van der Waals surface area contributed by atoms with Crippen LogP contribution in [0.15, 0.2) is 48.5 Å². The zero-order valence-electron chi connectivity index (χ0n) is 28.8. The predicted molar refractivity (Wildman–Crippen MR) is 186 cm³/mol. The van der Waals surface area contributed by atoms with Crippen molar-refractivity contribution in [2.75, 3.05) is 32.7 Å². The molecule has 8 nitrogen and oxygen atoms in total. The van der Waals surface area contributed by atoms with Crippen LogP contribution in [-0.2, 0) is 22.6 Å². The molecular formula is C40H56N4O4. The fourth-order valence-electron chi connectivity index (χ4n) is 10.7. The highest BCUT2D eigenvalue weighted by atomic mass is 16.7. The standard InChI is InChI=1S/C40H56N4O4/c1-27-36(25-44-16-4-5-35(44)24-43-14-2-3-15-43)47-38(48-37(27)33-10-8-29(26-45)9-11-33)34-12-6-28(7-13-34)23-41-39(46)42-40-20-30-17-31(21-40)19-32(18-30)22-40/h6-13,27,30-32,35-38,45H,2-5,14-26H2,1H3,(H2,41,42,46)/t27-,30?,31?,32?,35-,36+,37+,38+,40?/m0/s1. The minimum atomic E-state index is -0.477. The first-order valence-corrected chi connectivity index (χ1v) is 19.0. The molecule has 8 heteroatoms. The molecule has 2 aromatic rings. The Labute approximate surface area is 286 Å². The molecule has 48 heavy (non-hydrogen) atoms. The number of benzene rings is 2. The average Bonchev–Trinajstić information content (AvgIpc) is 3.77. The lowest BCUT2D eigenvalue weighted by atomic mass is 9.53. The van der Waals surface area contributed by atoms with Crippen LogP contribution in [0.25, 0.3) is 0 Å². The number of carbonyl (C=O) groups excluding carboxylic acids is 1. The van der Waals surface area contributed by atoms with Crippen molar-refractivity contribution in [3.05, 3.63) is 70.8 Å². The Morgan fingerprint density at radius 3 is 2.15 bits per heavy atom. The van der Waals surface area contributed by atoms with E-state index in [9.17, 15) is 9.90 Å². The van der Waals surface area contributed by atoms with Gasteiger partial charge in [-0.1, -0.05) is 55.5 Å². The molecule has 2 aromatic carbocycles. The summed E-state index contributed by atoms with van der Waals surface area (Å²) in [6, 6.07) is 17.1. The van der Waals surface area contributed by atoms with Crippen molar-refractivity contribution >= 4 is 6.03 Å². The van der Waals surface area contributed by atoms with E-state index in [-0.39, 0.29) is 36.3 Å². The number of nitrogens with zero attached hydrogens (tertiary/aromatic N) is 2. The molecule has 7 aliphatic rings. The number of ether oxygens (including phenoxy) is 2. The van der Waals surface area contributed by atoms with E-state index in [1.165, 1.54) is 64.6 Å². The number of carbonyl (C=O) groups is 1. The molecule has 4 saturated carbocycles. The van der Waals surface area contributed by atoms with Crippen LogP contribution in [0.3, 0.4) is 0 Å². The number of likely N-dealkylation sites (tertiary alicyclic amines) is 2. The van der Waals surface area contributed by atoms with Gasteiger partial charge in [0.05, 0.1) is 18.8 Å². The van der Waals surface area contributed by atoms with Crippen LogP contribution >= 0.6 is 0 Å². The number of nitrogens with one attached hydrogen (secondary N) is 2. The fraction of sp³-hybridized carbons (Fsp3) is 0.675. The maximum absolute atomic E-state index is 13.1. The number of hydrogen-bond donors (Lipinski definition) is 3. The number of rotatable bonds is 10. The minimum absolute atomic E-state index is 0.0181. The molecule has 0 spiro atoms. The average molecular weight is 657 g/mol. The molecule has 0 aromatic heterocycles. The highest BCUT2D eigenvalue weighted by Crippen LogP contribution is 2.55. The van der Waals surface area contributed by atoms with Gasteiger partial charge in [-0.2, -0.15) is 0 Å². The zero-order chi connectivity index (χ0) is 32.7. The topological polar surface area (TPSA) is 86.3 Å². The van der Waals surface area contributed by atoms with Crippen LogP contribution in [0.2, 0.25) is 0 Å². The Morgan fingerprint density at radius 1 is 0.833 bits per heavy atom. The van der Waals surface area contributed by atoms with Gasteiger partial charge in [0.2, 0.25) is 0 Å². The quantitative estimate of drug-likeness (QED) is 0.279. The van der Waals surface area contributed by atoms with Crippen LogP contribution in [0.5, 0.6) is 0 Å². The summed E-state index contributed by atoms with van der Waals surface area (Å²) >= 11 is 0. The molecule has 3 heterocycles. The lowest BCUT2D eigenvalue weighted by molar-refractivity contribution is -0.276. The second kappa shape index (κ2) is 14.0. The van der Waals surface area contributed by atoms with Crippen LogP contribution in [0, 0.1) is 23.7 Å². The van der Waals surface area contributed by atoms with E-state index < -0.39 is 6.29 Å². The molecule has 0 unspecified atom stereocenters. The molecule has 2 amide bonds. The molecule has 7 fully saturated rings. The third kappa shape index (κ3) is 7.06. The second-order valence-electron chi connectivity index (χ2n) is 16.4. The first kappa shape index (κ1) is 32.7. The van der Waals surface area contributed by atoms with Crippen molar-refractivity contribution in [2.24, 2.45) is 23.7 Å². The highest BCUT2D eigenvalue weighted by molar-refractivity contribution is 5.75. The Bertz CT molecular complexity index is 1360. The largest absolute Gasteiger partial charge is 0.392 e. The van der Waals surface area contributed by atoms with Gasteiger partial charge >= 0.3 is 6.03 Å². The van der Waals surface area contributed by atoms with Crippen molar-refractivity contribution in [1.29, 1.82) is 0 Å². The van der Waals surface area contributed by atoms with Crippen molar-refractivity contribution in [1.82, 2.24) is 20.4 Å². The fourth-order valence-corrected chi connectivity index (χ4v) is 10.7. The smallest absolute Gasteiger partial charge is 0.315 e. The number of aliphatic hydroxyl groups is 1. The van der Waals surface area contributed by atoms with Gasteiger partial charge in [0.15, 0.2) is 6.29 Å². The highest BCUT2D eigenvalue weighted by Gasteiger charge is 2.51. The molecule has 3 aliphatic heterocycles.